The van der Waals surface area contributed by atoms with Gasteiger partial charge in [0.2, 0.25) is 0 Å². The summed E-state index contributed by atoms with van der Waals surface area (Å²) in [6.45, 7) is -2.28. The van der Waals surface area contributed by atoms with Crippen molar-refractivity contribution in [3.05, 3.63) is 72.0 Å². The van der Waals surface area contributed by atoms with Crippen molar-refractivity contribution in [3.63, 3.8) is 0 Å². The molecule has 0 radical (unpaired) electrons. The zero-order valence-electron chi connectivity index (χ0n) is 23.5. The average molecular weight is 648 g/mol. The third kappa shape index (κ3) is 7.04. The Bertz CT molecular complexity index is 1630. The number of hydrogen-bond donors (Lipinski definition) is 0. The molecular formula is C29H27F6NO7S. The first-order chi connectivity index (χ1) is 20.6. The lowest BCUT2D eigenvalue weighted by Crippen LogP contribution is -2.47. The molecule has 0 spiro atoms. The number of carbonyl (C=O) groups excluding carboxylic acids is 1. The second kappa shape index (κ2) is 12.6. The van der Waals surface area contributed by atoms with Crippen LogP contribution in [0.25, 0.3) is 11.1 Å². The van der Waals surface area contributed by atoms with Crippen LogP contribution in [-0.2, 0) is 30.5 Å². The van der Waals surface area contributed by atoms with E-state index < -0.39 is 68.9 Å². The molecule has 3 aromatic rings. The molecule has 0 saturated carbocycles. The topological polar surface area (TPSA) is 91.4 Å². The first kappa shape index (κ1) is 32.9. The lowest BCUT2D eigenvalue weighted by atomic mass is 9.84. The number of benzene rings is 3. The largest absolute Gasteiger partial charge is 0.486 e. The summed E-state index contributed by atoms with van der Waals surface area (Å²) in [6, 6.07) is 10.1. The number of rotatable bonds is 10. The maximum atomic E-state index is 14.3. The highest BCUT2D eigenvalue weighted by atomic mass is 32.2. The fraction of sp³-hybridized carbons (Fsp3) is 0.345. The van der Waals surface area contributed by atoms with Crippen molar-refractivity contribution in [1.29, 1.82) is 0 Å². The van der Waals surface area contributed by atoms with Crippen LogP contribution in [0.3, 0.4) is 0 Å². The Balaban J connectivity index is 1.84. The smallest absolute Gasteiger partial charge is 0.416 e. The van der Waals surface area contributed by atoms with Gasteiger partial charge in [-0.25, -0.2) is 12.8 Å². The van der Waals surface area contributed by atoms with Gasteiger partial charge in [-0.2, -0.15) is 22.0 Å². The van der Waals surface area contributed by atoms with Gasteiger partial charge in [-0.15, -0.1) is 0 Å². The van der Waals surface area contributed by atoms with E-state index in [0.29, 0.717) is 6.07 Å². The second-order valence-electron chi connectivity index (χ2n) is 10.2. The van der Waals surface area contributed by atoms with Crippen LogP contribution in [0.15, 0.2) is 65.6 Å². The zero-order valence-corrected chi connectivity index (χ0v) is 24.3. The molecule has 0 aliphatic carbocycles. The summed E-state index contributed by atoms with van der Waals surface area (Å²) >= 11 is 0. The summed E-state index contributed by atoms with van der Waals surface area (Å²) in [5.41, 5.74) is -2.40. The molecule has 3 aromatic carbocycles. The summed E-state index contributed by atoms with van der Waals surface area (Å²) in [6.07, 6.45) is -5.95. The van der Waals surface area contributed by atoms with Gasteiger partial charge in [0.05, 0.1) is 41.8 Å². The maximum absolute atomic E-state index is 14.3. The van der Waals surface area contributed by atoms with Crippen LogP contribution in [0.4, 0.5) is 32.0 Å². The first-order valence-electron chi connectivity index (χ1n) is 12.9. The Morgan fingerprint density at radius 3 is 2.41 bits per heavy atom. The van der Waals surface area contributed by atoms with E-state index >= 15 is 0 Å². The van der Waals surface area contributed by atoms with Gasteiger partial charge in [0.1, 0.15) is 23.4 Å². The number of ether oxygens (including phenoxy) is 4. The molecule has 0 N–H and O–H groups in total. The Morgan fingerprint density at radius 1 is 1.05 bits per heavy atom. The first-order valence-corrected chi connectivity index (χ1v) is 14.4. The minimum Gasteiger partial charge on any atom is -0.486 e. The molecule has 15 heteroatoms. The number of halogens is 6. The van der Waals surface area contributed by atoms with Crippen LogP contribution in [0.2, 0.25) is 0 Å². The van der Waals surface area contributed by atoms with Crippen molar-refractivity contribution < 1.29 is 58.5 Å². The van der Waals surface area contributed by atoms with Gasteiger partial charge in [-0.05, 0) is 60.5 Å². The van der Waals surface area contributed by atoms with Crippen molar-refractivity contribution >= 4 is 21.7 Å². The van der Waals surface area contributed by atoms with E-state index in [1.807, 2.05) is 0 Å². The number of esters is 1. The molecule has 0 aromatic heterocycles. The summed E-state index contributed by atoms with van der Waals surface area (Å²) in [5, 5.41) is 0. The van der Waals surface area contributed by atoms with Gasteiger partial charge in [-0.3, -0.25) is 9.10 Å². The molecule has 4 rings (SSSR count). The monoisotopic (exact) mass is 647 g/mol. The number of carbonyl (C=O) groups is 1. The number of anilines is 1. The van der Waals surface area contributed by atoms with Gasteiger partial charge < -0.3 is 18.9 Å². The number of sulfonamides is 1. The summed E-state index contributed by atoms with van der Waals surface area (Å²) in [7, 11) is -2.18. The maximum Gasteiger partial charge on any atom is 0.416 e. The third-order valence-electron chi connectivity index (χ3n) is 6.89. The number of alkyl halides is 5. The van der Waals surface area contributed by atoms with Crippen molar-refractivity contribution in [2.75, 3.05) is 31.7 Å². The predicted molar refractivity (Wildman–Crippen MR) is 145 cm³/mol. The lowest BCUT2D eigenvalue weighted by Gasteiger charge is -2.38. The SMILES string of the molecule is COCC(C)(CC1CN(S(=O)(=O)c2cccc(C(F)(F)F)c2)c2cc(-c3cc(F)cc(OC(F)F)c3)ccc2O1)C(=O)OC. The molecule has 0 amide bonds. The van der Waals surface area contributed by atoms with Gasteiger partial charge in [0, 0.05) is 19.6 Å². The standard InChI is InChI=1S/C29H27F6NO7S/c1-28(16-40-2,26(37)41-3)14-22-15-36(44(38,39)23-6-4-5-19(12-23)29(33,34)35)24-11-17(7-8-25(24)42-22)18-9-20(30)13-21(10-18)43-27(31)32/h4-13,22,27H,14-16H2,1-3H3. The molecule has 238 valence electrons. The van der Waals surface area contributed by atoms with Crippen molar-refractivity contribution in [2.45, 2.75) is 37.1 Å². The minimum atomic E-state index is -4.83. The van der Waals surface area contributed by atoms with E-state index in [9.17, 15) is 39.6 Å². The molecule has 44 heavy (non-hydrogen) atoms. The number of methoxy groups -OCH3 is 2. The summed E-state index contributed by atoms with van der Waals surface area (Å²) in [4.78, 5) is 11.9. The number of hydrogen-bond acceptors (Lipinski definition) is 7. The molecule has 0 bridgehead atoms. The number of fused-ring (bicyclic) bond motifs is 1. The van der Waals surface area contributed by atoms with Crippen LogP contribution in [-0.4, -0.2) is 54.5 Å². The highest BCUT2D eigenvalue weighted by molar-refractivity contribution is 7.92. The van der Waals surface area contributed by atoms with E-state index in [1.165, 1.54) is 39.3 Å². The van der Waals surface area contributed by atoms with E-state index in [4.69, 9.17) is 14.2 Å². The minimum absolute atomic E-state index is 0.0226. The summed E-state index contributed by atoms with van der Waals surface area (Å²) < 4.78 is 129. The van der Waals surface area contributed by atoms with Crippen LogP contribution in [0.1, 0.15) is 18.9 Å². The highest BCUT2D eigenvalue weighted by Gasteiger charge is 2.43. The summed E-state index contributed by atoms with van der Waals surface area (Å²) in [5.74, 6) is -2.09. The normalized spacial score (nSPS) is 16.6. The van der Waals surface area contributed by atoms with Crippen LogP contribution in [0.5, 0.6) is 11.5 Å². The molecular weight excluding hydrogens is 620 g/mol. The fourth-order valence-electron chi connectivity index (χ4n) is 4.95. The number of nitrogens with zero attached hydrogens (tertiary/aromatic N) is 1. The quantitative estimate of drug-likeness (QED) is 0.189. The van der Waals surface area contributed by atoms with E-state index in [1.54, 1.807) is 0 Å². The van der Waals surface area contributed by atoms with Crippen molar-refractivity contribution in [3.8, 4) is 22.6 Å². The molecule has 0 fully saturated rings. The van der Waals surface area contributed by atoms with E-state index in [-0.39, 0.29) is 35.6 Å². The van der Waals surface area contributed by atoms with Gasteiger partial charge >= 0.3 is 18.8 Å². The highest BCUT2D eigenvalue weighted by Crippen LogP contribution is 2.43. The van der Waals surface area contributed by atoms with Gasteiger partial charge in [-0.1, -0.05) is 12.1 Å². The fourth-order valence-corrected chi connectivity index (χ4v) is 6.50. The third-order valence-corrected chi connectivity index (χ3v) is 8.66. The van der Waals surface area contributed by atoms with Gasteiger partial charge in [0.15, 0.2) is 0 Å². The Hall–Kier alpha value is -3.98. The van der Waals surface area contributed by atoms with Crippen LogP contribution < -0.4 is 13.8 Å². The molecule has 0 saturated heterocycles. The predicted octanol–water partition coefficient (Wildman–Crippen LogP) is 6.29. The Morgan fingerprint density at radius 2 is 1.77 bits per heavy atom. The lowest BCUT2D eigenvalue weighted by molar-refractivity contribution is -0.156. The molecule has 2 unspecified atom stereocenters. The molecule has 8 nitrogen and oxygen atoms in total. The molecule has 1 aliphatic rings. The molecule has 1 heterocycles. The molecule has 1 aliphatic heterocycles. The Labute approximate surface area is 249 Å². The Kier molecular flexibility index (Phi) is 9.40. The van der Waals surface area contributed by atoms with Gasteiger partial charge in [0.25, 0.3) is 10.0 Å². The van der Waals surface area contributed by atoms with Crippen LogP contribution in [0, 0.1) is 11.2 Å². The zero-order chi connectivity index (χ0) is 32.4. The molecule has 2 atom stereocenters. The van der Waals surface area contributed by atoms with E-state index in [0.717, 1.165) is 40.7 Å². The van der Waals surface area contributed by atoms with Crippen molar-refractivity contribution in [2.24, 2.45) is 5.41 Å². The average Bonchev–Trinajstić information content (AvgIpc) is 2.95. The van der Waals surface area contributed by atoms with Crippen LogP contribution >= 0.6 is 0 Å². The second-order valence-corrected chi connectivity index (χ2v) is 12.1. The van der Waals surface area contributed by atoms with Crippen molar-refractivity contribution in [1.82, 2.24) is 0 Å². The van der Waals surface area contributed by atoms with E-state index in [2.05, 4.69) is 4.74 Å².